The Labute approximate surface area is 152 Å². The van der Waals surface area contributed by atoms with Gasteiger partial charge in [0.15, 0.2) is 5.82 Å². The van der Waals surface area contributed by atoms with Crippen molar-refractivity contribution in [3.8, 4) is 0 Å². The van der Waals surface area contributed by atoms with Crippen LogP contribution >= 0.6 is 0 Å². The summed E-state index contributed by atoms with van der Waals surface area (Å²) in [7, 11) is 0. The van der Waals surface area contributed by atoms with Crippen LogP contribution in [0.25, 0.3) is 0 Å². The fourth-order valence-electron chi connectivity index (χ4n) is 4.08. The summed E-state index contributed by atoms with van der Waals surface area (Å²) >= 11 is 0. The molecule has 0 radical (unpaired) electrons. The third-order valence-corrected chi connectivity index (χ3v) is 5.84. The molecule has 26 heavy (non-hydrogen) atoms. The molecular weight excluding hydrogens is 326 g/mol. The Morgan fingerprint density at radius 2 is 1.58 bits per heavy atom. The van der Waals surface area contributed by atoms with Gasteiger partial charge in [-0.15, -0.1) is 0 Å². The van der Waals surface area contributed by atoms with Gasteiger partial charge in [0.2, 0.25) is 5.89 Å². The van der Waals surface area contributed by atoms with Gasteiger partial charge < -0.3 is 9.26 Å². The average Bonchev–Trinajstić information content (AvgIpc) is 3.39. The predicted octanol–water partition coefficient (Wildman–Crippen LogP) is 3.64. The highest BCUT2D eigenvalue weighted by Gasteiger charge is 2.52. The number of aromatic nitrogens is 3. The van der Waals surface area contributed by atoms with Gasteiger partial charge in [0, 0.05) is 19.4 Å². The molecule has 0 amide bonds. The van der Waals surface area contributed by atoms with Crippen molar-refractivity contribution in [3.05, 3.63) is 77.7 Å². The zero-order chi connectivity index (χ0) is 17.5. The molecule has 1 saturated carbocycles. The molecule has 0 N–H and O–H groups in total. The molecule has 2 aromatic heterocycles. The first-order valence-corrected chi connectivity index (χ1v) is 9.23. The van der Waals surface area contributed by atoms with Gasteiger partial charge in [-0.25, -0.2) is 0 Å². The van der Waals surface area contributed by atoms with Crippen LogP contribution in [0.5, 0.6) is 0 Å². The molecule has 0 unspecified atom stereocenters. The van der Waals surface area contributed by atoms with E-state index in [9.17, 15) is 0 Å². The lowest BCUT2D eigenvalue weighted by molar-refractivity contribution is 0.0584. The molecule has 132 valence electrons. The lowest BCUT2D eigenvalue weighted by atomic mass is 9.76. The van der Waals surface area contributed by atoms with E-state index < -0.39 is 0 Å². The lowest BCUT2D eigenvalue weighted by Gasteiger charge is -2.33. The van der Waals surface area contributed by atoms with Crippen LogP contribution in [0.15, 0.2) is 59.3 Å². The molecule has 3 heterocycles. The maximum Gasteiger partial charge on any atom is 0.237 e. The molecule has 1 saturated heterocycles. The maximum absolute atomic E-state index is 5.82. The minimum Gasteiger partial charge on any atom is -0.381 e. The molecule has 1 aromatic carbocycles. The first-order chi connectivity index (χ1) is 12.8. The molecule has 2 fully saturated rings. The Balaban J connectivity index is 1.56. The molecule has 3 aromatic rings. The van der Waals surface area contributed by atoms with E-state index in [1.807, 2.05) is 24.4 Å². The Morgan fingerprint density at radius 1 is 0.808 bits per heavy atom. The van der Waals surface area contributed by atoms with E-state index in [1.54, 1.807) is 0 Å². The molecule has 0 bridgehead atoms. The maximum atomic E-state index is 5.82. The van der Waals surface area contributed by atoms with Gasteiger partial charge in [0.1, 0.15) is 0 Å². The average molecular weight is 347 g/mol. The van der Waals surface area contributed by atoms with E-state index in [1.165, 1.54) is 5.56 Å². The summed E-state index contributed by atoms with van der Waals surface area (Å²) in [5, 5.41) is 4.44. The van der Waals surface area contributed by atoms with Gasteiger partial charge in [-0.2, -0.15) is 4.98 Å². The van der Waals surface area contributed by atoms with Gasteiger partial charge in [0.05, 0.1) is 16.5 Å². The third kappa shape index (κ3) is 2.38. The van der Waals surface area contributed by atoms with Crippen molar-refractivity contribution in [1.82, 2.24) is 15.1 Å². The molecule has 1 aliphatic carbocycles. The Bertz CT molecular complexity index is 882. The molecule has 0 atom stereocenters. The Kier molecular flexibility index (Phi) is 3.64. The van der Waals surface area contributed by atoms with Crippen LogP contribution in [0, 0.1) is 0 Å². The van der Waals surface area contributed by atoms with Crippen LogP contribution in [0.2, 0.25) is 0 Å². The highest BCUT2D eigenvalue weighted by Crippen LogP contribution is 2.53. The summed E-state index contributed by atoms with van der Waals surface area (Å²) in [4.78, 5) is 9.54. The zero-order valence-corrected chi connectivity index (χ0v) is 14.6. The van der Waals surface area contributed by atoms with Crippen LogP contribution < -0.4 is 0 Å². The largest absolute Gasteiger partial charge is 0.381 e. The van der Waals surface area contributed by atoms with Gasteiger partial charge in [-0.05, 0) is 43.4 Å². The summed E-state index contributed by atoms with van der Waals surface area (Å²) in [5.41, 5.74) is 1.83. The monoisotopic (exact) mass is 347 g/mol. The van der Waals surface area contributed by atoms with Gasteiger partial charge >= 0.3 is 0 Å². The van der Waals surface area contributed by atoms with Crippen LogP contribution in [0.4, 0.5) is 0 Å². The summed E-state index contributed by atoms with van der Waals surface area (Å²) < 4.78 is 11.4. The summed E-state index contributed by atoms with van der Waals surface area (Å²) in [6.07, 6.45) is 5.58. The molecule has 2 aliphatic rings. The minimum atomic E-state index is -0.325. The topological polar surface area (TPSA) is 61.0 Å². The van der Waals surface area contributed by atoms with Crippen molar-refractivity contribution < 1.29 is 9.26 Å². The zero-order valence-electron chi connectivity index (χ0n) is 14.6. The second-order valence-electron chi connectivity index (χ2n) is 7.28. The van der Waals surface area contributed by atoms with Crippen LogP contribution in [0.3, 0.4) is 0 Å². The molecule has 5 nitrogen and oxygen atoms in total. The van der Waals surface area contributed by atoms with Crippen molar-refractivity contribution in [2.75, 3.05) is 13.2 Å². The van der Waals surface area contributed by atoms with Crippen LogP contribution in [-0.2, 0) is 15.6 Å². The molecular formula is C21H21N3O2. The standard InChI is InChI=1S/C21H21N3O2/c1-2-6-16(7-3-1)20(9-10-20)19-23-18(24-26-19)21(11-14-25-15-12-21)17-8-4-5-13-22-17/h1-8,13H,9-12,14-15H2. The van der Waals surface area contributed by atoms with E-state index >= 15 is 0 Å². The van der Waals surface area contributed by atoms with Crippen molar-refractivity contribution >= 4 is 0 Å². The van der Waals surface area contributed by atoms with Gasteiger partial charge in [0.25, 0.3) is 0 Å². The second-order valence-corrected chi connectivity index (χ2v) is 7.28. The molecule has 5 rings (SSSR count). The summed E-state index contributed by atoms with van der Waals surface area (Å²) in [5.74, 6) is 1.48. The molecule has 5 heteroatoms. The van der Waals surface area contributed by atoms with E-state index in [-0.39, 0.29) is 10.8 Å². The highest BCUT2D eigenvalue weighted by molar-refractivity contribution is 5.39. The van der Waals surface area contributed by atoms with Crippen molar-refractivity contribution in [3.63, 3.8) is 0 Å². The fraction of sp³-hybridized carbons (Fsp3) is 0.381. The van der Waals surface area contributed by atoms with Gasteiger partial charge in [-0.3, -0.25) is 4.98 Å². The van der Waals surface area contributed by atoms with Crippen LogP contribution in [0.1, 0.15) is 48.7 Å². The predicted molar refractivity (Wildman–Crippen MR) is 95.8 cm³/mol. The van der Waals surface area contributed by atoms with Crippen molar-refractivity contribution in [2.24, 2.45) is 0 Å². The van der Waals surface area contributed by atoms with E-state index in [0.29, 0.717) is 13.2 Å². The van der Waals surface area contributed by atoms with E-state index in [0.717, 1.165) is 43.1 Å². The number of ether oxygens (including phenoxy) is 1. The number of rotatable bonds is 4. The fourth-order valence-corrected chi connectivity index (χ4v) is 4.08. The lowest BCUT2D eigenvalue weighted by Crippen LogP contribution is -2.37. The van der Waals surface area contributed by atoms with Gasteiger partial charge in [-0.1, -0.05) is 41.6 Å². The second kappa shape index (κ2) is 6.02. The molecule has 1 aliphatic heterocycles. The minimum absolute atomic E-state index is 0.108. The number of nitrogens with zero attached hydrogens (tertiary/aromatic N) is 3. The first-order valence-electron chi connectivity index (χ1n) is 9.23. The number of benzene rings is 1. The van der Waals surface area contributed by atoms with Crippen molar-refractivity contribution in [1.29, 1.82) is 0 Å². The molecule has 0 spiro atoms. The highest BCUT2D eigenvalue weighted by atomic mass is 16.5. The summed E-state index contributed by atoms with van der Waals surface area (Å²) in [6.45, 7) is 1.37. The van der Waals surface area contributed by atoms with E-state index in [2.05, 4.69) is 40.5 Å². The Hall–Kier alpha value is -2.53. The van der Waals surface area contributed by atoms with E-state index in [4.69, 9.17) is 14.2 Å². The Morgan fingerprint density at radius 3 is 2.27 bits per heavy atom. The van der Waals surface area contributed by atoms with Crippen LogP contribution in [-0.4, -0.2) is 28.3 Å². The smallest absolute Gasteiger partial charge is 0.237 e. The third-order valence-electron chi connectivity index (χ3n) is 5.84. The number of hydrogen-bond donors (Lipinski definition) is 0. The first kappa shape index (κ1) is 15.7. The number of hydrogen-bond acceptors (Lipinski definition) is 5. The quantitative estimate of drug-likeness (QED) is 0.721. The number of pyridine rings is 1. The summed E-state index contributed by atoms with van der Waals surface area (Å²) in [6, 6.07) is 16.5. The SMILES string of the molecule is c1ccc(C2(c3nc(C4(c5ccccn5)CCOCC4)no3)CC2)cc1. The van der Waals surface area contributed by atoms with Crippen molar-refractivity contribution in [2.45, 2.75) is 36.5 Å². The normalized spacial score (nSPS) is 20.6.